The first-order chi connectivity index (χ1) is 11.4. The van der Waals surface area contributed by atoms with Gasteiger partial charge in [0.1, 0.15) is 12.0 Å². The van der Waals surface area contributed by atoms with Crippen molar-refractivity contribution < 1.29 is 17.9 Å². The SMILES string of the molecule is C=C(OCC)C1=CCCC(OCC)N1S(=O)(=O)c1ccc(C)cc1. The Kier molecular flexibility index (Phi) is 6.07. The molecular formula is C18H25NO4S. The molecule has 1 aliphatic heterocycles. The predicted molar refractivity (Wildman–Crippen MR) is 93.7 cm³/mol. The van der Waals surface area contributed by atoms with Crippen LogP contribution >= 0.6 is 0 Å². The van der Waals surface area contributed by atoms with Gasteiger partial charge in [-0.3, -0.25) is 0 Å². The van der Waals surface area contributed by atoms with Crippen LogP contribution in [0.2, 0.25) is 0 Å². The molecule has 0 amide bonds. The first-order valence-corrected chi connectivity index (χ1v) is 9.60. The van der Waals surface area contributed by atoms with Gasteiger partial charge in [0.25, 0.3) is 10.0 Å². The lowest BCUT2D eigenvalue weighted by atomic mass is 10.1. The Balaban J connectivity index is 2.48. The number of aryl methyl sites for hydroxylation is 1. The Bertz CT molecular complexity index is 707. The van der Waals surface area contributed by atoms with Gasteiger partial charge in [-0.2, -0.15) is 0 Å². The molecule has 1 atom stereocenters. The predicted octanol–water partition coefficient (Wildman–Crippen LogP) is 3.58. The molecule has 1 aliphatic rings. The summed E-state index contributed by atoms with van der Waals surface area (Å²) in [6, 6.07) is 6.80. The molecule has 2 rings (SSSR count). The number of ether oxygens (including phenoxy) is 2. The van der Waals surface area contributed by atoms with E-state index < -0.39 is 16.3 Å². The molecule has 0 saturated heterocycles. The highest BCUT2D eigenvalue weighted by Crippen LogP contribution is 2.33. The fourth-order valence-corrected chi connectivity index (χ4v) is 4.28. The van der Waals surface area contributed by atoms with Crippen LogP contribution in [0, 0.1) is 6.92 Å². The summed E-state index contributed by atoms with van der Waals surface area (Å²) < 4.78 is 38.9. The molecule has 24 heavy (non-hydrogen) atoms. The zero-order chi connectivity index (χ0) is 17.7. The standard InChI is InChI=1S/C18H25NO4S/c1-5-22-15(4)17-8-7-9-18(23-6-2)19(17)24(20,21)16-12-10-14(3)11-13-16/h8,10-13,18H,4-7,9H2,1-3H3. The van der Waals surface area contributed by atoms with Gasteiger partial charge in [-0.25, -0.2) is 12.7 Å². The minimum absolute atomic E-state index is 0.231. The summed E-state index contributed by atoms with van der Waals surface area (Å²) in [5.41, 5.74) is 1.46. The molecule has 0 bridgehead atoms. The van der Waals surface area contributed by atoms with Crippen LogP contribution in [0.25, 0.3) is 0 Å². The van der Waals surface area contributed by atoms with Gasteiger partial charge in [0.15, 0.2) is 0 Å². The van der Waals surface area contributed by atoms with Crippen LogP contribution in [0.1, 0.15) is 32.3 Å². The summed E-state index contributed by atoms with van der Waals surface area (Å²) in [6.07, 6.45) is 2.60. The molecular weight excluding hydrogens is 326 g/mol. The van der Waals surface area contributed by atoms with Gasteiger partial charge in [0.2, 0.25) is 0 Å². The maximum atomic E-state index is 13.2. The Labute approximate surface area is 144 Å². The van der Waals surface area contributed by atoms with Gasteiger partial charge >= 0.3 is 0 Å². The average Bonchev–Trinajstić information content (AvgIpc) is 2.55. The van der Waals surface area contributed by atoms with Crippen LogP contribution in [0.5, 0.6) is 0 Å². The van der Waals surface area contributed by atoms with Gasteiger partial charge in [-0.1, -0.05) is 30.4 Å². The van der Waals surface area contributed by atoms with E-state index in [1.165, 1.54) is 4.31 Å². The van der Waals surface area contributed by atoms with E-state index in [-0.39, 0.29) is 4.90 Å². The lowest BCUT2D eigenvalue weighted by Gasteiger charge is -2.37. The van der Waals surface area contributed by atoms with Gasteiger partial charge in [0.05, 0.1) is 17.2 Å². The van der Waals surface area contributed by atoms with E-state index in [0.717, 1.165) is 5.56 Å². The lowest BCUT2D eigenvalue weighted by Crippen LogP contribution is -2.43. The summed E-state index contributed by atoms with van der Waals surface area (Å²) in [7, 11) is -3.76. The van der Waals surface area contributed by atoms with Crippen molar-refractivity contribution in [3.63, 3.8) is 0 Å². The Morgan fingerprint density at radius 1 is 1.25 bits per heavy atom. The van der Waals surface area contributed by atoms with Crippen molar-refractivity contribution in [2.45, 2.75) is 44.7 Å². The van der Waals surface area contributed by atoms with E-state index in [0.29, 0.717) is 37.5 Å². The molecule has 6 heteroatoms. The topological polar surface area (TPSA) is 55.8 Å². The Morgan fingerprint density at radius 2 is 1.92 bits per heavy atom. The fourth-order valence-electron chi connectivity index (χ4n) is 2.66. The molecule has 0 spiro atoms. The highest BCUT2D eigenvalue weighted by atomic mass is 32.2. The van der Waals surface area contributed by atoms with Crippen LogP contribution < -0.4 is 0 Å². The van der Waals surface area contributed by atoms with Gasteiger partial charge in [-0.05, 0) is 45.7 Å². The van der Waals surface area contributed by atoms with Crippen molar-refractivity contribution in [3.05, 3.63) is 53.9 Å². The Morgan fingerprint density at radius 3 is 2.50 bits per heavy atom. The fraction of sp³-hybridized carbons (Fsp3) is 0.444. The maximum Gasteiger partial charge on any atom is 0.266 e. The zero-order valence-corrected chi connectivity index (χ0v) is 15.3. The molecule has 1 aromatic rings. The summed E-state index contributed by atoms with van der Waals surface area (Å²) in [4.78, 5) is 0.231. The number of allylic oxidation sites excluding steroid dienone is 1. The first kappa shape index (κ1) is 18.5. The average molecular weight is 351 g/mol. The molecule has 0 saturated carbocycles. The van der Waals surface area contributed by atoms with E-state index in [2.05, 4.69) is 6.58 Å². The lowest BCUT2D eigenvalue weighted by molar-refractivity contribution is -0.0117. The van der Waals surface area contributed by atoms with E-state index >= 15 is 0 Å². The van der Waals surface area contributed by atoms with Gasteiger partial charge in [-0.15, -0.1) is 0 Å². The molecule has 1 unspecified atom stereocenters. The van der Waals surface area contributed by atoms with Crippen LogP contribution in [0.4, 0.5) is 0 Å². The molecule has 0 N–H and O–H groups in total. The highest BCUT2D eigenvalue weighted by Gasteiger charge is 2.37. The van der Waals surface area contributed by atoms with Crippen molar-refractivity contribution >= 4 is 10.0 Å². The van der Waals surface area contributed by atoms with Gasteiger partial charge in [0, 0.05) is 6.61 Å². The van der Waals surface area contributed by atoms with E-state index in [1.807, 2.05) is 26.8 Å². The second-order valence-corrected chi connectivity index (χ2v) is 7.36. The zero-order valence-electron chi connectivity index (χ0n) is 14.5. The number of hydrogen-bond acceptors (Lipinski definition) is 4. The van der Waals surface area contributed by atoms with Crippen LogP contribution in [-0.4, -0.2) is 32.2 Å². The van der Waals surface area contributed by atoms with Crippen LogP contribution in [-0.2, 0) is 19.5 Å². The van der Waals surface area contributed by atoms with Crippen molar-refractivity contribution in [3.8, 4) is 0 Å². The van der Waals surface area contributed by atoms with E-state index in [4.69, 9.17) is 9.47 Å². The largest absolute Gasteiger partial charge is 0.492 e. The van der Waals surface area contributed by atoms with Crippen molar-refractivity contribution in [1.82, 2.24) is 4.31 Å². The third kappa shape index (κ3) is 3.82. The van der Waals surface area contributed by atoms with Crippen molar-refractivity contribution in [2.24, 2.45) is 0 Å². The number of sulfonamides is 1. The quantitative estimate of drug-likeness (QED) is 0.705. The monoisotopic (exact) mass is 351 g/mol. The van der Waals surface area contributed by atoms with Crippen molar-refractivity contribution in [1.29, 1.82) is 0 Å². The van der Waals surface area contributed by atoms with Gasteiger partial charge < -0.3 is 9.47 Å². The number of benzene rings is 1. The molecule has 132 valence electrons. The minimum atomic E-state index is -3.76. The number of rotatable bonds is 7. The maximum absolute atomic E-state index is 13.2. The normalized spacial score (nSPS) is 18.2. The molecule has 5 nitrogen and oxygen atoms in total. The third-order valence-electron chi connectivity index (χ3n) is 3.79. The minimum Gasteiger partial charge on any atom is -0.492 e. The Hall–Kier alpha value is -1.79. The van der Waals surface area contributed by atoms with E-state index in [1.54, 1.807) is 24.3 Å². The second-order valence-electron chi connectivity index (χ2n) is 5.55. The molecule has 1 aromatic carbocycles. The van der Waals surface area contributed by atoms with Crippen molar-refractivity contribution in [2.75, 3.05) is 13.2 Å². The van der Waals surface area contributed by atoms with E-state index in [9.17, 15) is 8.42 Å². The summed E-state index contributed by atoms with van der Waals surface area (Å²) in [5, 5.41) is 0. The molecule has 0 aromatic heterocycles. The smallest absolute Gasteiger partial charge is 0.266 e. The van der Waals surface area contributed by atoms with Crippen LogP contribution in [0.15, 0.2) is 53.3 Å². The summed E-state index contributed by atoms with van der Waals surface area (Å²) in [5.74, 6) is 0.345. The summed E-state index contributed by atoms with van der Waals surface area (Å²) >= 11 is 0. The molecule has 1 heterocycles. The van der Waals surface area contributed by atoms with Crippen LogP contribution in [0.3, 0.4) is 0 Å². The molecule has 0 aliphatic carbocycles. The number of nitrogens with zero attached hydrogens (tertiary/aromatic N) is 1. The number of hydrogen-bond donors (Lipinski definition) is 0. The molecule has 0 fully saturated rings. The highest BCUT2D eigenvalue weighted by molar-refractivity contribution is 7.89. The first-order valence-electron chi connectivity index (χ1n) is 8.16. The molecule has 0 radical (unpaired) electrons. The second kappa shape index (κ2) is 7.85. The third-order valence-corrected chi connectivity index (χ3v) is 5.61. The summed E-state index contributed by atoms with van der Waals surface area (Å²) in [6.45, 7) is 10.3.